The summed E-state index contributed by atoms with van der Waals surface area (Å²) in [5.41, 5.74) is 9.44. The van der Waals surface area contributed by atoms with Crippen LogP contribution in [0.15, 0.2) is 42.5 Å². The zero-order valence-corrected chi connectivity index (χ0v) is 15.9. The van der Waals surface area contributed by atoms with Crippen molar-refractivity contribution in [1.29, 1.82) is 0 Å². The smallest absolute Gasteiger partial charge is 0.256 e. The molecule has 3 rings (SSSR count). The minimum atomic E-state index is -0.113. The van der Waals surface area contributed by atoms with Crippen LogP contribution in [0.3, 0.4) is 0 Å². The van der Waals surface area contributed by atoms with Gasteiger partial charge in [-0.1, -0.05) is 12.1 Å². The van der Waals surface area contributed by atoms with Gasteiger partial charge in [-0.3, -0.25) is 4.79 Å². The molecule has 1 unspecified atom stereocenters. The fourth-order valence-corrected chi connectivity index (χ4v) is 3.83. The first-order valence-electron chi connectivity index (χ1n) is 8.28. The number of nitrogens with zero attached hydrogens (tertiary/aromatic N) is 1. The first kappa shape index (κ1) is 17.1. The third-order valence-corrected chi connectivity index (χ3v) is 5.46. The van der Waals surface area contributed by atoms with Crippen LogP contribution in [0.4, 0.5) is 17.1 Å². The molecular formula is C19H22IN3O. The van der Waals surface area contributed by atoms with Crippen LogP contribution >= 0.6 is 22.6 Å². The number of piperidine rings is 1. The monoisotopic (exact) mass is 435 g/mol. The van der Waals surface area contributed by atoms with Gasteiger partial charge >= 0.3 is 0 Å². The Morgan fingerprint density at radius 1 is 1.25 bits per heavy atom. The number of nitrogen functional groups attached to an aromatic ring is 1. The molecule has 4 nitrogen and oxygen atoms in total. The van der Waals surface area contributed by atoms with Crippen LogP contribution < -0.4 is 16.0 Å². The number of carbonyl (C=O) groups excluding carboxylic acids is 1. The quantitative estimate of drug-likeness (QED) is 0.551. The van der Waals surface area contributed by atoms with Crippen molar-refractivity contribution in [2.45, 2.75) is 32.2 Å². The molecule has 5 heteroatoms. The summed E-state index contributed by atoms with van der Waals surface area (Å²) in [6.45, 7) is 3.28. The highest BCUT2D eigenvalue weighted by atomic mass is 127. The highest BCUT2D eigenvalue weighted by Crippen LogP contribution is 2.31. The van der Waals surface area contributed by atoms with Crippen molar-refractivity contribution < 1.29 is 4.79 Å². The minimum absolute atomic E-state index is 0.113. The molecule has 0 radical (unpaired) electrons. The lowest BCUT2D eigenvalue weighted by molar-refractivity contribution is 0.102. The second-order valence-corrected chi connectivity index (χ2v) is 7.41. The van der Waals surface area contributed by atoms with E-state index in [1.807, 2.05) is 42.5 Å². The van der Waals surface area contributed by atoms with Gasteiger partial charge in [-0.05, 0) is 79.1 Å². The molecule has 0 aromatic heterocycles. The molecular weight excluding hydrogens is 413 g/mol. The summed E-state index contributed by atoms with van der Waals surface area (Å²) < 4.78 is 0.930. The Labute approximate surface area is 156 Å². The van der Waals surface area contributed by atoms with Gasteiger partial charge in [0.2, 0.25) is 0 Å². The third-order valence-electron chi connectivity index (χ3n) is 4.52. The van der Waals surface area contributed by atoms with Crippen molar-refractivity contribution in [3.63, 3.8) is 0 Å². The van der Waals surface area contributed by atoms with E-state index in [9.17, 15) is 4.79 Å². The lowest BCUT2D eigenvalue weighted by atomic mass is 10.0. The molecule has 24 heavy (non-hydrogen) atoms. The van der Waals surface area contributed by atoms with E-state index in [4.69, 9.17) is 5.73 Å². The van der Waals surface area contributed by atoms with Gasteiger partial charge in [0.1, 0.15) is 0 Å². The van der Waals surface area contributed by atoms with E-state index in [1.165, 1.54) is 19.3 Å². The number of halogens is 1. The average molecular weight is 435 g/mol. The number of benzene rings is 2. The van der Waals surface area contributed by atoms with Gasteiger partial charge in [-0.15, -0.1) is 0 Å². The van der Waals surface area contributed by atoms with Gasteiger partial charge < -0.3 is 16.0 Å². The van der Waals surface area contributed by atoms with Crippen LogP contribution in [0.1, 0.15) is 36.5 Å². The van der Waals surface area contributed by atoms with Gasteiger partial charge in [0.15, 0.2) is 0 Å². The number of anilines is 3. The van der Waals surface area contributed by atoms with Crippen molar-refractivity contribution in [1.82, 2.24) is 0 Å². The molecule has 1 saturated heterocycles. The number of amides is 1. The largest absolute Gasteiger partial charge is 0.397 e. The Balaban J connectivity index is 1.77. The maximum Gasteiger partial charge on any atom is 0.256 e. The van der Waals surface area contributed by atoms with Gasteiger partial charge in [0.25, 0.3) is 5.91 Å². The zero-order chi connectivity index (χ0) is 17.1. The molecule has 2 aromatic rings. The minimum Gasteiger partial charge on any atom is -0.397 e. The summed E-state index contributed by atoms with van der Waals surface area (Å²) in [4.78, 5) is 14.8. The van der Waals surface area contributed by atoms with Crippen molar-refractivity contribution in [2.24, 2.45) is 0 Å². The van der Waals surface area contributed by atoms with Crippen molar-refractivity contribution in [3.8, 4) is 0 Å². The molecule has 1 amide bonds. The van der Waals surface area contributed by atoms with Crippen molar-refractivity contribution >= 4 is 45.6 Å². The predicted octanol–water partition coefficient (Wildman–Crippen LogP) is 4.50. The molecule has 1 aliphatic heterocycles. The molecule has 2 aromatic carbocycles. The first-order valence-corrected chi connectivity index (χ1v) is 9.36. The Hall–Kier alpha value is -1.76. The van der Waals surface area contributed by atoms with Crippen LogP contribution in [0.25, 0.3) is 0 Å². The van der Waals surface area contributed by atoms with Gasteiger partial charge in [0, 0.05) is 21.8 Å². The predicted molar refractivity (Wildman–Crippen MR) is 109 cm³/mol. The second kappa shape index (κ2) is 7.42. The lowest BCUT2D eigenvalue weighted by Gasteiger charge is -2.36. The Kier molecular flexibility index (Phi) is 5.28. The summed E-state index contributed by atoms with van der Waals surface area (Å²) in [7, 11) is 0. The number of nitrogens with two attached hydrogens (primary N) is 1. The third kappa shape index (κ3) is 3.66. The number of hydrogen-bond acceptors (Lipinski definition) is 3. The molecule has 0 bridgehead atoms. The molecule has 3 N–H and O–H groups in total. The highest BCUT2D eigenvalue weighted by Gasteiger charge is 2.20. The number of rotatable bonds is 3. The summed E-state index contributed by atoms with van der Waals surface area (Å²) >= 11 is 2.17. The average Bonchev–Trinajstić information content (AvgIpc) is 2.56. The summed E-state index contributed by atoms with van der Waals surface area (Å²) in [6, 6.07) is 13.8. The van der Waals surface area contributed by atoms with Crippen LogP contribution in [-0.4, -0.2) is 18.5 Å². The van der Waals surface area contributed by atoms with E-state index < -0.39 is 0 Å². The number of nitrogens with one attached hydrogen (secondary N) is 1. The van der Waals surface area contributed by atoms with E-state index >= 15 is 0 Å². The SMILES string of the molecule is CC1CCCCN1c1ccc(NC(=O)c2ccccc2I)cc1N. The second-order valence-electron chi connectivity index (χ2n) is 6.25. The topological polar surface area (TPSA) is 58.4 Å². The van der Waals surface area contributed by atoms with Gasteiger partial charge in [0.05, 0.1) is 16.9 Å². The molecule has 1 heterocycles. The van der Waals surface area contributed by atoms with Crippen molar-refractivity contribution in [2.75, 3.05) is 22.5 Å². The lowest BCUT2D eigenvalue weighted by Crippen LogP contribution is -2.37. The Bertz CT molecular complexity index is 747. The molecule has 1 aliphatic rings. The number of hydrogen-bond donors (Lipinski definition) is 2. The van der Waals surface area contributed by atoms with Crippen LogP contribution in [0.2, 0.25) is 0 Å². The van der Waals surface area contributed by atoms with Crippen LogP contribution in [0.5, 0.6) is 0 Å². The summed E-state index contributed by atoms with van der Waals surface area (Å²) in [5.74, 6) is -0.113. The number of carbonyl (C=O) groups is 1. The normalized spacial score (nSPS) is 17.6. The van der Waals surface area contributed by atoms with E-state index in [1.54, 1.807) is 0 Å². The van der Waals surface area contributed by atoms with E-state index in [-0.39, 0.29) is 5.91 Å². The van der Waals surface area contributed by atoms with Crippen LogP contribution in [-0.2, 0) is 0 Å². The van der Waals surface area contributed by atoms with E-state index in [0.29, 0.717) is 17.3 Å². The fourth-order valence-electron chi connectivity index (χ4n) is 3.19. The molecule has 1 fully saturated rings. The molecule has 0 spiro atoms. The van der Waals surface area contributed by atoms with Gasteiger partial charge in [-0.25, -0.2) is 0 Å². The first-order chi connectivity index (χ1) is 11.6. The van der Waals surface area contributed by atoms with E-state index in [2.05, 4.69) is 39.7 Å². The maximum absolute atomic E-state index is 12.4. The zero-order valence-electron chi connectivity index (χ0n) is 13.8. The molecule has 126 valence electrons. The Morgan fingerprint density at radius 3 is 2.75 bits per heavy atom. The molecule has 0 aliphatic carbocycles. The molecule has 1 atom stereocenters. The van der Waals surface area contributed by atoms with Crippen LogP contribution in [0, 0.1) is 3.57 Å². The highest BCUT2D eigenvalue weighted by molar-refractivity contribution is 14.1. The molecule has 0 saturated carbocycles. The standard InChI is InChI=1S/C19H22IN3O/c1-13-6-4-5-11-23(13)18-10-9-14(12-17(18)21)22-19(24)15-7-2-3-8-16(15)20/h2-3,7-10,12-13H,4-6,11,21H2,1H3,(H,22,24). The Morgan fingerprint density at radius 2 is 2.04 bits per heavy atom. The van der Waals surface area contributed by atoms with Crippen molar-refractivity contribution in [3.05, 3.63) is 51.6 Å². The van der Waals surface area contributed by atoms with Gasteiger partial charge in [-0.2, -0.15) is 0 Å². The summed E-state index contributed by atoms with van der Waals surface area (Å²) in [6.07, 6.45) is 3.68. The maximum atomic E-state index is 12.4. The summed E-state index contributed by atoms with van der Waals surface area (Å²) in [5, 5.41) is 2.94. The fraction of sp³-hybridized carbons (Fsp3) is 0.316. The van der Waals surface area contributed by atoms with E-state index in [0.717, 1.165) is 21.5 Å².